The first kappa shape index (κ1) is 18.2. The van der Waals surface area contributed by atoms with E-state index in [4.69, 9.17) is 4.74 Å². The summed E-state index contributed by atoms with van der Waals surface area (Å²) in [5, 5.41) is 10.1. The zero-order valence-electron chi connectivity index (χ0n) is 16.0. The van der Waals surface area contributed by atoms with E-state index in [-0.39, 0.29) is 11.7 Å². The van der Waals surface area contributed by atoms with Crippen LogP contribution in [0.1, 0.15) is 25.7 Å². The third kappa shape index (κ3) is 3.63. The largest absolute Gasteiger partial charge is 0.393 e. The first-order valence-corrected chi connectivity index (χ1v) is 10.2. The van der Waals surface area contributed by atoms with Gasteiger partial charge >= 0.3 is 0 Å². The normalized spacial score (nSPS) is 33.4. The van der Waals surface area contributed by atoms with Gasteiger partial charge in [0.1, 0.15) is 0 Å². The van der Waals surface area contributed by atoms with Crippen molar-refractivity contribution >= 4 is 5.69 Å². The number of aliphatic hydroxyl groups is 1. The molecular formula is C21H33N3O2. The van der Waals surface area contributed by atoms with Gasteiger partial charge in [-0.1, -0.05) is 18.2 Å². The summed E-state index contributed by atoms with van der Waals surface area (Å²) < 4.78 is 5.96. The minimum absolute atomic E-state index is 0.00869. The second kappa shape index (κ2) is 7.85. The number of para-hydroxylation sites is 1. The molecule has 1 N–H and O–H groups in total. The molecule has 0 aromatic heterocycles. The van der Waals surface area contributed by atoms with Crippen LogP contribution in [-0.4, -0.2) is 85.6 Å². The number of benzene rings is 1. The molecule has 2 aliphatic heterocycles. The van der Waals surface area contributed by atoms with E-state index < -0.39 is 0 Å². The smallest absolute Gasteiger partial charge is 0.0847 e. The molecule has 0 bridgehead atoms. The molecule has 4 rings (SSSR count). The summed E-state index contributed by atoms with van der Waals surface area (Å²) in [6.45, 7) is 7.79. The van der Waals surface area contributed by atoms with Crippen LogP contribution in [0.3, 0.4) is 0 Å². The highest BCUT2D eigenvalue weighted by Crippen LogP contribution is 2.42. The Kier molecular flexibility index (Phi) is 5.50. The van der Waals surface area contributed by atoms with E-state index in [0.717, 1.165) is 71.5 Å². The molecule has 3 atom stereocenters. The van der Waals surface area contributed by atoms with Crippen LogP contribution < -0.4 is 4.90 Å². The van der Waals surface area contributed by atoms with Crippen molar-refractivity contribution in [2.45, 2.75) is 43.4 Å². The number of aliphatic hydroxyl groups excluding tert-OH is 1. The SMILES string of the molecule is CO[C@@]12CC[C@@H](O)C[C@@H]1N(CCN1CCN(c3ccccc3)CC1)CC2. The van der Waals surface area contributed by atoms with Crippen molar-refractivity contribution in [2.75, 3.05) is 57.8 Å². The van der Waals surface area contributed by atoms with Crippen LogP contribution in [0.15, 0.2) is 30.3 Å². The highest BCUT2D eigenvalue weighted by Gasteiger charge is 2.50. The van der Waals surface area contributed by atoms with Gasteiger partial charge in [-0.05, 0) is 37.8 Å². The Labute approximate surface area is 157 Å². The van der Waals surface area contributed by atoms with E-state index in [1.807, 2.05) is 7.11 Å². The summed E-state index contributed by atoms with van der Waals surface area (Å²) in [4.78, 5) is 7.65. The third-order valence-corrected chi connectivity index (χ3v) is 6.87. The number of nitrogens with zero attached hydrogens (tertiary/aromatic N) is 3. The van der Waals surface area contributed by atoms with Gasteiger partial charge in [-0.3, -0.25) is 9.80 Å². The monoisotopic (exact) mass is 359 g/mol. The summed E-state index contributed by atoms with van der Waals surface area (Å²) in [5.41, 5.74) is 1.33. The maximum Gasteiger partial charge on any atom is 0.0847 e. The van der Waals surface area contributed by atoms with Crippen LogP contribution in [0, 0.1) is 0 Å². The number of anilines is 1. The molecule has 0 spiro atoms. The number of methoxy groups -OCH3 is 1. The Hall–Kier alpha value is -1.14. The lowest BCUT2D eigenvalue weighted by Crippen LogP contribution is -2.53. The molecule has 3 aliphatic rings. The summed E-state index contributed by atoms with van der Waals surface area (Å²) in [6.07, 6.45) is 3.72. The Balaban J connectivity index is 1.27. The van der Waals surface area contributed by atoms with Gasteiger partial charge in [0.2, 0.25) is 0 Å². The van der Waals surface area contributed by atoms with Crippen LogP contribution in [0.4, 0.5) is 5.69 Å². The fraction of sp³-hybridized carbons (Fsp3) is 0.714. The van der Waals surface area contributed by atoms with Crippen molar-refractivity contribution in [3.8, 4) is 0 Å². The average Bonchev–Trinajstić information content (AvgIpc) is 3.06. The van der Waals surface area contributed by atoms with Crippen LogP contribution >= 0.6 is 0 Å². The molecule has 0 amide bonds. The number of piperazine rings is 1. The van der Waals surface area contributed by atoms with Crippen LogP contribution in [0.5, 0.6) is 0 Å². The number of likely N-dealkylation sites (tertiary alicyclic amines) is 1. The lowest BCUT2D eigenvalue weighted by Gasteiger charge is -2.43. The van der Waals surface area contributed by atoms with Gasteiger partial charge in [-0.15, -0.1) is 0 Å². The van der Waals surface area contributed by atoms with Crippen molar-refractivity contribution < 1.29 is 9.84 Å². The third-order valence-electron chi connectivity index (χ3n) is 6.87. The van der Waals surface area contributed by atoms with Gasteiger partial charge < -0.3 is 14.7 Å². The lowest BCUT2D eigenvalue weighted by molar-refractivity contribution is -0.0873. The molecule has 2 saturated heterocycles. The minimum atomic E-state index is -0.154. The predicted molar refractivity (Wildman–Crippen MR) is 105 cm³/mol. The highest BCUT2D eigenvalue weighted by molar-refractivity contribution is 5.46. The van der Waals surface area contributed by atoms with Gasteiger partial charge in [0.05, 0.1) is 11.7 Å². The Morgan fingerprint density at radius 1 is 1.04 bits per heavy atom. The Bertz CT molecular complexity index is 576. The Morgan fingerprint density at radius 2 is 1.81 bits per heavy atom. The fourth-order valence-corrected chi connectivity index (χ4v) is 5.18. The van der Waals surface area contributed by atoms with Gasteiger partial charge in [-0.25, -0.2) is 0 Å². The van der Waals surface area contributed by atoms with Crippen molar-refractivity contribution in [3.05, 3.63) is 30.3 Å². The number of rotatable bonds is 5. The molecule has 3 fully saturated rings. The fourth-order valence-electron chi connectivity index (χ4n) is 5.18. The van der Waals surface area contributed by atoms with E-state index >= 15 is 0 Å². The molecule has 0 unspecified atom stereocenters. The second-order valence-electron chi connectivity index (χ2n) is 8.16. The molecule has 1 aromatic carbocycles. The molecule has 144 valence electrons. The topological polar surface area (TPSA) is 39.2 Å². The first-order chi connectivity index (χ1) is 12.7. The average molecular weight is 360 g/mol. The van der Waals surface area contributed by atoms with Crippen LogP contribution in [0.25, 0.3) is 0 Å². The van der Waals surface area contributed by atoms with E-state index in [2.05, 4.69) is 45.0 Å². The summed E-state index contributed by atoms with van der Waals surface area (Å²) >= 11 is 0. The summed E-state index contributed by atoms with van der Waals surface area (Å²) in [5.74, 6) is 0. The molecule has 1 aromatic rings. The highest BCUT2D eigenvalue weighted by atomic mass is 16.5. The molecule has 5 nitrogen and oxygen atoms in total. The number of fused-ring (bicyclic) bond motifs is 1. The van der Waals surface area contributed by atoms with Crippen molar-refractivity contribution in [3.63, 3.8) is 0 Å². The molecule has 0 radical (unpaired) electrons. The molecule has 2 heterocycles. The van der Waals surface area contributed by atoms with Crippen molar-refractivity contribution in [1.82, 2.24) is 9.80 Å². The van der Waals surface area contributed by atoms with Gasteiger partial charge in [-0.2, -0.15) is 0 Å². The quantitative estimate of drug-likeness (QED) is 0.868. The maximum atomic E-state index is 10.1. The molecule has 5 heteroatoms. The predicted octanol–water partition coefficient (Wildman–Crippen LogP) is 1.81. The molecule has 26 heavy (non-hydrogen) atoms. The number of hydrogen-bond donors (Lipinski definition) is 1. The zero-order chi connectivity index (χ0) is 18.0. The standard InChI is InChI=1S/C21H33N3O2/c1-26-21-8-7-19(25)17-20(21)24(10-9-21)16-13-22-11-14-23(15-12-22)18-5-3-2-4-6-18/h2-6,19-20,25H,7-17H2,1H3/t19-,20+,21-/m1/s1. The zero-order valence-corrected chi connectivity index (χ0v) is 16.0. The van der Waals surface area contributed by atoms with E-state index in [1.54, 1.807) is 0 Å². The second-order valence-corrected chi connectivity index (χ2v) is 8.16. The van der Waals surface area contributed by atoms with Crippen molar-refractivity contribution in [2.24, 2.45) is 0 Å². The lowest BCUT2D eigenvalue weighted by atomic mass is 9.79. The molecule has 1 saturated carbocycles. The molecular weight excluding hydrogens is 326 g/mol. The van der Waals surface area contributed by atoms with Crippen LogP contribution in [-0.2, 0) is 4.74 Å². The van der Waals surface area contributed by atoms with E-state index in [9.17, 15) is 5.11 Å². The van der Waals surface area contributed by atoms with Gasteiger partial charge in [0.25, 0.3) is 0 Å². The van der Waals surface area contributed by atoms with E-state index in [0.29, 0.717) is 6.04 Å². The Morgan fingerprint density at radius 3 is 2.54 bits per heavy atom. The van der Waals surface area contributed by atoms with E-state index in [1.165, 1.54) is 5.69 Å². The van der Waals surface area contributed by atoms with Crippen molar-refractivity contribution in [1.29, 1.82) is 0 Å². The van der Waals surface area contributed by atoms with Gasteiger partial charge in [0, 0.05) is 64.7 Å². The summed E-state index contributed by atoms with van der Waals surface area (Å²) in [7, 11) is 1.86. The van der Waals surface area contributed by atoms with Crippen LogP contribution in [0.2, 0.25) is 0 Å². The summed E-state index contributed by atoms with van der Waals surface area (Å²) in [6, 6.07) is 11.1. The minimum Gasteiger partial charge on any atom is -0.393 e. The number of hydrogen-bond acceptors (Lipinski definition) is 5. The maximum absolute atomic E-state index is 10.1. The number of ether oxygens (including phenoxy) is 1. The molecule has 1 aliphatic carbocycles. The first-order valence-electron chi connectivity index (χ1n) is 10.2. The van der Waals surface area contributed by atoms with Gasteiger partial charge in [0.15, 0.2) is 0 Å².